The van der Waals surface area contributed by atoms with E-state index in [0.717, 1.165) is 18.9 Å². The molecule has 98 valence electrons. The van der Waals surface area contributed by atoms with Crippen LogP contribution in [0.15, 0.2) is 0 Å². The Bertz CT molecular complexity index is 264. The van der Waals surface area contributed by atoms with Crippen molar-refractivity contribution in [1.29, 1.82) is 0 Å². The smallest absolute Gasteiger partial charge is 0.320 e. The Labute approximate surface area is 103 Å². The number of nitrogens with zero attached hydrogens (tertiary/aromatic N) is 1. The molecule has 0 bridgehead atoms. The number of carboxylic acids is 1. The van der Waals surface area contributed by atoms with Crippen LogP contribution in [0.4, 0.5) is 0 Å². The molecule has 4 heteroatoms. The SMILES string of the molecule is NCCC(C(=O)O)N1CCCC1C1CCCC1. The van der Waals surface area contributed by atoms with Crippen LogP contribution in [0.2, 0.25) is 0 Å². The molecular weight excluding hydrogens is 216 g/mol. The molecule has 0 spiro atoms. The molecule has 2 atom stereocenters. The van der Waals surface area contributed by atoms with Gasteiger partial charge >= 0.3 is 5.97 Å². The zero-order chi connectivity index (χ0) is 12.3. The van der Waals surface area contributed by atoms with Crippen molar-refractivity contribution < 1.29 is 9.90 Å². The molecule has 0 radical (unpaired) electrons. The fourth-order valence-electron chi connectivity index (χ4n) is 3.64. The van der Waals surface area contributed by atoms with Gasteiger partial charge in [-0.2, -0.15) is 0 Å². The maximum Gasteiger partial charge on any atom is 0.320 e. The number of nitrogens with two attached hydrogens (primary N) is 1. The van der Waals surface area contributed by atoms with Gasteiger partial charge in [-0.1, -0.05) is 12.8 Å². The predicted molar refractivity (Wildman–Crippen MR) is 66.8 cm³/mol. The summed E-state index contributed by atoms with van der Waals surface area (Å²) in [5.74, 6) is 0.0393. The Morgan fingerprint density at radius 2 is 2.00 bits per heavy atom. The molecule has 1 saturated heterocycles. The van der Waals surface area contributed by atoms with Crippen molar-refractivity contribution in [2.24, 2.45) is 11.7 Å². The van der Waals surface area contributed by atoms with Crippen LogP contribution in [0.3, 0.4) is 0 Å². The maximum absolute atomic E-state index is 11.3. The maximum atomic E-state index is 11.3. The highest BCUT2D eigenvalue weighted by atomic mass is 16.4. The van der Waals surface area contributed by atoms with Gasteiger partial charge in [0.25, 0.3) is 0 Å². The Morgan fingerprint density at radius 1 is 1.29 bits per heavy atom. The highest BCUT2D eigenvalue weighted by Crippen LogP contribution is 2.36. The topological polar surface area (TPSA) is 66.6 Å². The number of rotatable bonds is 5. The molecular formula is C13H24N2O2. The fraction of sp³-hybridized carbons (Fsp3) is 0.923. The molecule has 3 N–H and O–H groups in total. The fourth-order valence-corrected chi connectivity index (χ4v) is 3.64. The van der Waals surface area contributed by atoms with Gasteiger partial charge in [-0.05, 0) is 51.1 Å². The normalized spacial score (nSPS) is 28.6. The molecule has 0 aromatic heterocycles. The Balaban J connectivity index is 2.03. The zero-order valence-electron chi connectivity index (χ0n) is 10.5. The molecule has 2 unspecified atom stereocenters. The summed E-state index contributed by atoms with van der Waals surface area (Å²) in [6.07, 6.45) is 8.13. The summed E-state index contributed by atoms with van der Waals surface area (Å²) in [5.41, 5.74) is 5.54. The van der Waals surface area contributed by atoms with E-state index in [1.165, 1.54) is 32.1 Å². The molecule has 1 saturated carbocycles. The Hall–Kier alpha value is -0.610. The van der Waals surface area contributed by atoms with Crippen LogP contribution in [0, 0.1) is 5.92 Å². The summed E-state index contributed by atoms with van der Waals surface area (Å²) >= 11 is 0. The Kier molecular flexibility index (Phi) is 4.40. The molecule has 1 aliphatic carbocycles. The van der Waals surface area contributed by atoms with E-state index < -0.39 is 5.97 Å². The third kappa shape index (κ3) is 2.80. The third-order valence-corrected chi connectivity index (χ3v) is 4.41. The van der Waals surface area contributed by atoms with Crippen LogP contribution in [0.25, 0.3) is 0 Å². The number of hydrogen-bond donors (Lipinski definition) is 2. The monoisotopic (exact) mass is 240 g/mol. The second-order valence-corrected chi connectivity index (χ2v) is 5.42. The number of hydrogen-bond acceptors (Lipinski definition) is 3. The lowest BCUT2D eigenvalue weighted by molar-refractivity contribution is -0.144. The standard InChI is InChI=1S/C13H24N2O2/c14-8-7-12(13(16)17)15-9-3-6-11(15)10-4-1-2-5-10/h10-12H,1-9,14H2,(H,16,17). The van der Waals surface area contributed by atoms with Gasteiger partial charge < -0.3 is 10.8 Å². The van der Waals surface area contributed by atoms with Crippen LogP contribution >= 0.6 is 0 Å². The molecule has 0 aromatic carbocycles. The van der Waals surface area contributed by atoms with Crippen LogP contribution in [0.1, 0.15) is 44.9 Å². The van der Waals surface area contributed by atoms with Crippen molar-refractivity contribution in [2.45, 2.75) is 57.0 Å². The van der Waals surface area contributed by atoms with E-state index in [2.05, 4.69) is 4.90 Å². The molecule has 2 fully saturated rings. The van der Waals surface area contributed by atoms with Gasteiger partial charge in [0, 0.05) is 6.04 Å². The van der Waals surface area contributed by atoms with Crippen molar-refractivity contribution in [3.8, 4) is 0 Å². The van der Waals surface area contributed by atoms with Crippen molar-refractivity contribution in [1.82, 2.24) is 4.90 Å². The molecule has 2 aliphatic rings. The van der Waals surface area contributed by atoms with Crippen molar-refractivity contribution in [3.63, 3.8) is 0 Å². The van der Waals surface area contributed by atoms with Gasteiger partial charge in [-0.3, -0.25) is 9.69 Å². The summed E-state index contributed by atoms with van der Waals surface area (Å²) in [4.78, 5) is 13.6. The van der Waals surface area contributed by atoms with E-state index in [9.17, 15) is 9.90 Å². The summed E-state index contributed by atoms with van der Waals surface area (Å²) < 4.78 is 0. The van der Waals surface area contributed by atoms with E-state index in [4.69, 9.17) is 5.73 Å². The van der Waals surface area contributed by atoms with E-state index in [0.29, 0.717) is 19.0 Å². The zero-order valence-corrected chi connectivity index (χ0v) is 10.5. The van der Waals surface area contributed by atoms with Crippen LogP contribution < -0.4 is 5.73 Å². The summed E-state index contributed by atoms with van der Waals surface area (Å²) in [6.45, 7) is 1.41. The lowest BCUT2D eigenvalue weighted by Gasteiger charge is -2.33. The van der Waals surface area contributed by atoms with Crippen molar-refractivity contribution in [2.75, 3.05) is 13.1 Å². The molecule has 0 amide bonds. The molecule has 0 aromatic rings. The first-order valence-electron chi connectivity index (χ1n) is 6.92. The second-order valence-electron chi connectivity index (χ2n) is 5.42. The largest absolute Gasteiger partial charge is 0.480 e. The van der Waals surface area contributed by atoms with Crippen LogP contribution in [0.5, 0.6) is 0 Å². The average molecular weight is 240 g/mol. The van der Waals surface area contributed by atoms with Crippen LogP contribution in [-0.4, -0.2) is 41.1 Å². The van der Waals surface area contributed by atoms with Crippen molar-refractivity contribution >= 4 is 5.97 Å². The van der Waals surface area contributed by atoms with Gasteiger partial charge in [0.2, 0.25) is 0 Å². The third-order valence-electron chi connectivity index (χ3n) is 4.41. The Morgan fingerprint density at radius 3 is 2.59 bits per heavy atom. The average Bonchev–Trinajstić information content (AvgIpc) is 2.95. The first-order valence-corrected chi connectivity index (χ1v) is 6.92. The van der Waals surface area contributed by atoms with E-state index >= 15 is 0 Å². The highest BCUT2D eigenvalue weighted by Gasteiger charge is 2.38. The van der Waals surface area contributed by atoms with Gasteiger partial charge in [-0.15, -0.1) is 0 Å². The number of likely N-dealkylation sites (tertiary alicyclic amines) is 1. The van der Waals surface area contributed by atoms with Gasteiger partial charge in [0.15, 0.2) is 0 Å². The predicted octanol–water partition coefficient (Wildman–Crippen LogP) is 1.44. The highest BCUT2D eigenvalue weighted by molar-refractivity contribution is 5.73. The number of aliphatic carboxylic acids is 1. The molecule has 4 nitrogen and oxygen atoms in total. The lowest BCUT2D eigenvalue weighted by Crippen LogP contribution is -2.47. The first-order chi connectivity index (χ1) is 8.24. The minimum atomic E-state index is -0.694. The minimum Gasteiger partial charge on any atom is -0.480 e. The molecule has 17 heavy (non-hydrogen) atoms. The van der Waals surface area contributed by atoms with Crippen molar-refractivity contribution in [3.05, 3.63) is 0 Å². The van der Waals surface area contributed by atoms with E-state index in [-0.39, 0.29) is 6.04 Å². The summed E-state index contributed by atoms with van der Waals surface area (Å²) in [5, 5.41) is 9.33. The van der Waals surface area contributed by atoms with Crippen LogP contribution in [-0.2, 0) is 4.79 Å². The quantitative estimate of drug-likeness (QED) is 0.763. The number of carbonyl (C=O) groups is 1. The van der Waals surface area contributed by atoms with Gasteiger partial charge in [0.1, 0.15) is 6.04 Å². The molecule has 1 heterocycles. The molecule has 1 aliphatic heterocycles. The molecule has 2 rings (SSSR count). The summed E-state index contributed by atoms with van der Waals surface area (Å²) in [7, 11) is 0. The second kappa shape index (κ2) is 5.83. The summed E-state index contributed by atoms with van der Waals surface area (Å²) in [6, 6.07) is 0.151. The first kappa shape index (κ1) is 12.8. The van der Waals surface area contributed by atoms with E-state index in [1.54, 1.807) is 0 Å². The van der Waals surface area contributed by atoms with Gasteiger partial charge in [0.05, 0.1) is 0 Å². The minimum absolute atomic E-state index is 0.354. The number of carboxylic acid groups (broad SMARTS) is 1. The van der Waals surface area contributed by atoms with Gasteiger partial charge in [-0.25, -0.2) is 0 Å². The van der Waals surface area contributed by atoms with E-state index in [1.807, 2.05) is 0 Å². The lowest BCUT2D eigenvalue weighted by atomic mass is 9.95.